The number of aromatic nitrogens is 2. The van der Waals surface area contributed by atoms with Gasteiger partial charge in [-0.1, -0.05) is 30.3 Å². The van der Waals surface area contributed by atoms with Crippen molar-refractivity contribution in [3.63, 3.8) is 0 Å². The molecule has 3 rings (SSSR count). The highest BCUT2D eigenvalue weighted by molar-refractivity contribution is 5.93. The summed E-state index contributed by atoms with van der Waals surface area (Å²) in [5, 5.41) is 12.2. The molecular formula is C18H17N3O2. The van der Waals surface area contributed by atoms with Gasteiger partial charge < -0.3 is 10.4 Å². The number of phenols is 1. The molecule has 0 aliphatic rings. The van der Waals surface area contributed by atoms with Gasteiger partial charge in [0, 0.05) is 12.2 Å². The van der Waals surface area contributed by atoms with Crippen molar-refractivity contribution in [2.24, 2.45) is 0 Å². The monoisotopic (exact) mass is 307 g/mol. The molecule has 0 saturated carbocycles. The molecule has 3 aromatic rings. The van der Waals surface area contributed by atoms with Gasteiger partial charge in [0.15, 0.2) is 0 Å². The molecule has 0 aliphatic carbocycles. The molecule has 1 heterocycles. The Morgan fingerprint density at radius 1 is 1.09 bits per heavy atom. The Morgan fingerprint density at radius 2 is 1.83 bits per heavy atom. The topological polar surface area (TPSA) is 67.2 Å². The van der Waals surface area contributed by atoms with Crippen LogP contribution in [0.1, 0.15) is 16.1 Å². The molecule has 0 unspecified atom stereocenters. The lowest BCUT2D eigenvalue weighted by molar-refractivity contribution is 0.0947. The average molecular weight is 307 g/mol. The lowest BCUT2D eigenvalue weighted by Crippen LogP contribution is -2.27. The van der Waals surface area contributed by atoms with Crippen molar-refractivity contribution in [3.05, 3.63) is 78.4 Å². The number of phenolic OH excluding ortho intramolecular Hbond substituents is 1. The highest BCUT2D eigenvalue weighted by Gasteiger charge is 2.12. The maximum atomic E-state index is 12.3. The molecule has 0 atom stereocenters. The molecule has 0 spiro atoms. The highest BCUT2D eigenvalue weighted by atomic mass is 16.3. The van der Waals surface area contributed by atoms with Crippen molar-refractivity contribution in [1.82, 2.24) is 14.9 Å². The summed E-state index contributed by atoms with van der Waals surface area (Å²) in [6.45, 7) is 0.517. The van der Waals surface area contributed by atoms with E-state index in [1.165, 1.54) is 0 Å². The highest BCUT2D eigenvalue weighted by Crippen LogP contribution is 2.11. The number of nitrogens with one attached hydrogen (secondary N) is 1. The number of para-hydroxylation sites is 1. The molecule has 1 amide bonds. The van der Waals surface area contributed by atoms with Crippen LogP contribution in [-0.2, 0) is 6.42 Å². The number of carbonyl (C=O) groups excluding carboxylic acids is 1. The van der Waals surface area contributed by atoms with Crippen LogP contribution in [0.2, 0.25) is 0 Å². The first-order valence-corrected chi connectivity index (χ1v) is 7.38. The molecule has 1 aromatic heterocycles. The van der Waals surface area contributed by atoms with Crippen LogP contribution in [0.15, 0.2) is 67.1 Å². The van der Waals surface area contributed by atoms with Crippen LogP contribution in [-0.4, -0.2) is 27.1 Å². The third-order valence-electron chi connectivity index (χ3n) is 3.54. The maximum Gasteiger partial charge on any atom is 0.269 e. The SMILES string of the molecule is O=C(NCCc1ccc(O)cc1)c1cncn1-c1ccccc1. The minimum Gasteiger partial charge on any atom is -0.508 e. The van der Waals surface area contributed by atoms with Crippen molar-refractivity contribution in [3.8, 4) is 11.4 Å². The number of aromatic hydroxyl groups is 1. The van der Waals surface area contributed by atoms with Crippen LogP contribution in [0.3, 0.4) is 0 Å². The van der Waals surface area contributed by atoms with Crippen molar-refractivity contribution in [1.29, 1.82) is 0 Å². The van der Waals surface area contributed by atoms with Gasteiger partial charge in [-0.15, -0.1) is 0 Å². The zero-order valence-corrected chi connectivity index (χ0v) is 12.5. The summed E-state index contributed by atoms with van der Waals surface area (Å²) in [6, 6.07) is 16.6. The van der Waals surface area contributed by atoms with Crippen LogP contribution in [0.25, 0.3) is 5.69 Å². The fourth-order valence-corrected chi connectivity index (χ4v) is 2.33. The summed E-state index contributed by atoms with van der Waals surface area (Å²) in [6.07, 6.45) is 3.89. The van der Waals surface area contributed by atoms with E-state index < -0.39 is 0 Å². The second-order valence-corrected chi connectivity index (χ2v) is 5.16. The number of carbonyl (C=O) groups is 1. The van der Waals surface area contributed by atoms with Gasteiger partial charge >= 0.3 is 0 Å². The van der Waals surface area contributed by atoms with Gasteiger partial charge in [-0.05, 0) is 36.2 Å². The molecule has 0 bridgehead atoms. The van der Waals surface area contributed by atoms with Gasteiger partial charge in [0.05, 0.1) is 12.5 Å². The second-order valence-electron chi connectivity index (χ2n) is 5.16. The smallest absolute Gasteiger partial charge is 0.269 e. The third-order valence-corrected chi connectivity index (χ3v) is 3.54. The summed E-state index contributed by atoms with van der Waals surface area (Å²) in [5.41, 5.74) is 2.45. The van der Waals surface area contributed by atoms with E-state index in [0.29, 0.717) is 18.7 Å². The normalized spacial score (nSPS) is 10.4. The van der Waals surface area contributed by atoms with Crippen molar-refractivity contribution >= 4 is 5.91 Å². The van der Waals surface area contributed by atoms with E-state index in [4.69, 9.17) is 0 Å². The Bertz CT molecular complexity index is 780. The molecule has 116 valence electrons. The Balaban J connectivity index is 1.63. The van der Waals surface area contributed by atoms with Crippen molar-refractivity contribution in [2.75, 3.05) is 6.54 Å². The standard InChI is InChI=1S/C18H17N3O2/c22-16-8-6-14(7-9-16)10-11-20-18(23)17-12-19-13-21(17)15-4-2-1-3-5-15/h1-9,12-13,22H,10-11H2,(H,20,23). The summed E-state index contributed by atoms with van der Waals surface area (Å²) in [7, 11) is 0. The molecule has 23 heavy (non-hydrogen) atoms. The maximum absolute atomic E-state index is 12.3. The minimum absolute atomic E-state index is 0.162. The molecule has 0 fully saturated rings. The fourth-order valence-electron chi connectivity index (χ4n) is 2.33. The van der Waals surface area contributed by atoms with Gasteiger partial charge in [-0.3, -0.25) is 9.36 Å². The van der Waals surface area contributed by atoms with Crippen LogP contribution in [0.4, 0.5) is 0 Å². The minimum atomic E-state index is -0.162. The lowest BCUT2D eigenvalue weighted by Gasteiger charge is -2.09. The van der Waals surface area contributed by atoms with Gasteiger partial charge in [-0.25, -0.2) is 4.98 Å². The number of rotatable bonds is 5. The van der Waals surface area contributed by atoms with Crippen molar-refractivity contribution in [2.45, 2.75) is 6.42 Å². The molecule has 5 nitrogen and oxygen atoms in total. The lowest BCUT2D eigenvalue weighted by atomic mass is 10.1. The van der Waals surface area contributed by atoms with Gasteiger partial charge in [-0.2, -0.15) is 0 Å². The predicted octanol–water partition coefficient (Wildman–Crippen LogP) is 2.55. The fraction of sp³-hybridized carbons (Fsp3) is 0.111. The molecule has 0 aliphatic heterocycles. The van der Waals surface area contributed by atoms with E-state index in [2.05, 4.69) is 10.3 Å². The summed E-state index contributed by atoms with van der Waals surface area (Å²) < 4.78 is 1.76. The van der Waals surface area contributed by atoms with Crippen LogP contribution in [0, 0.1) is 0 Å². The molecule has 2 aromatic carbocycles. The first-order valence-electron chi connectivity index (χ1n) is 7.38. The number of hydrogen-bond donors (Lipinski definition) is 2. The van der Waals surface area contributed by atoms with Gasteiger partial charge in [0.2, 0.25) is 0 Å². The van der Waals surface area contributed by atoms with E-state index in [-0.39, 0.29) is 11.7 Å². The van der Waals surface area contributed by atoms with Gasteiger partial charge in [0.1, 0.15) is 11.4 Å². The molecule has 5 heteroatoms. The summed E-state index contributed by atoms with van der Waals surface area (Å²) in [5.74, 6) is 0.0784. The van der Waals surface area contributed by atoms with Crippen LogP contribution >= 0.6 is 0 Å². The number of nitrogens with zero attached hydrogens (tertiary/aromatic N) is 2. The molecular weight excluding hydrogens is 290 g/mol. The zero-order valence-electron chi connectivity index (χ0n) is 12.5. The van der Waals surface area contributed by atoms with E-state index in [1.807, 2.05) is 42.5 Å². The number of benzene rings is 2. The van der Waals surface area contributed by atoms with E-state index >= 15 is 0 Å². The molecule has 0 radical (unpaired) electrons. The van der Waals surface area contributed by atoms with Crippen molar-refractivity contribution < 1.29 is 9.90 Å². The second kappa shape index (κ2) is 6.79. The third kappa shape index (κ3) is 3.58. The first kappa shape index (κ1) is 14.8. The summed E-state index contributed by atoms with van der Waals surface area (Å²) in [4.78, 5) is 16.4. The van der Waals surface area contributed by atoms with E-state index in [0.717, 1.165) is 11.3 Å². The molecule has 0 saturated heterocycles. The zero-order chi connectivity index (χ0) is 16.1. The van der Waals surface area contributed by atoms with E-state index in [9.17, 15) is 9.90 Å². The first-order chi connectivity index (χ1) is 11.2. The number of amides is 1. The van der Waals surface area contributed by atoms with Crippen LogP contribution < -0.4 is 5.32 Å². The van der Waals surface area contributed by atoms with Gasteiger partial charge in [0.25, 0.3) is 5.91 Å². The average Bonchev–Trinajstić information content (AvgIpc) is 3.07. The Labute approximate surface area is 134 Å². The van der Waals surface area contributed by atoms with Crippen LogP contribution in [0.5, 0.6) is 5.75 Å². The largest absolute Gasteiger partial charge is 0.508 e. The number of hydrogen-bond acceptors (Lipinski definition) is 3. The predicted molar refractivity (Wildman–Crippen MR) is 87.7 cm³/mol. The number of imidazole rings is 1. The quantitative estimate of drug-likeness (QED) is 0.761. The Kier molecular flexibility index (Phi) is 4.38. The summed E-state index contributed by atoms with van der Waals surface area (Å²) >= 11 is 0. The van der Waals surface area contributed by atoms with E-state index in [1.54, 1.807) is 29.2 Å². The Morgan fingerprint density at radius 3 is 2.57 bits per heavy atom. The Hall–Kier alpha value is -3.08. The molecule has 2 N–H and O–H groups in total.